The highest BCUT2D eigenvalue weighted by Gasteiger charge is 2.25. The monoisotopic (exact) mass is 433 g/mol. The molecule has 0 unspecified atom stereocenters. The molecule has 2 aliphatic heterocycles. The molecule has 1 aromatic heterocycles. The van der Waals surface area contributed by atoms with Crippen LogP contribution >= 0.6 is 23.2 Å². The zero-order valence-electron chi connectivity index (χ0n) is 16.3. The van der Waals surface area contributed by atoms with Gasteiger partial charge in [-0.3, -0.25) is 4.79 Å². The number of hydrogen-bond acceptors (Lipinski definition) is 4. The number of hydrogen-bond donors (Lipinski definition) is 0. The second kappa shape index (κ2) is 9.23. The highest BCUT2D eigenvalue weighted by molar-refractivity contribution is 6.33. The van der Waals surface area contributed by atoms with E-state index < -0.39 is 0 Å². The molecule has 0 bridgehead atoms. The fraction of sp³-hybridized carbons (Fsp3) is 0.455. The van der Waals surface area contributed by atoms with Crippen molar-refractivity contribution in [1.29, 1.82) is 0 Å². The number of amides is 1. The molecule has 0 atom stereocenters. The summed E-state index contributed by atoms with van der Waals surface area (Å²) in [6, 6.07) is 9.30. The Labute approximate surface area is 181 Å². The van der Waals surface area contributed by atoms with Gasteiger partial charge < -0.3 is 14.5 Å². The highest BCUT2D eigenvalue weighted by atomic mass is 35.5. The van der Waals surface area contributed by atoms with Crippen molar-refractivity contribution < 1.29 is 9.53 Å². The number of pyridine rings is 1. The molecule has 2 saturated heterocycles. The van der Waals surface area contributed by atoms with Gasteiger partial charge in [-0.25, -0.2) is 4.98 Å². The summed E-state index contributed by atoms with van der Waals surface area (Å²) >= 11 is 12.7. The van der Waals surface area contributed by atoms with E-state index in [1.54, 1.807) is 12.3 Å². The summed E-state index contributed by atoms with van der Waals surface area (Å²) < 4.78 is 6.06. The van der Waals surface area contributed by atoms with Crippen LogP contribution in [-0.2, 0) is 0 Å². The first-order chi connectivity index (χ1) is 14.1. The van der Waals surface area contributed by atoms with Crippen LogP contribution in [0.3, 0.4) is 0 Å². The molecule has 0 aliphatic carbocycles. The zero-order chi connectivity index (χ0) is 20.2. The minimum absolute atomic E-state index is 0.0255. The normalized spacial score (nSPS) is 18.0. The van der Waals surface area contributed by atoms with E-state index in [4.69, 9.17) is 27.9 Å². The molecule has 154 valence electrons. The smallest absolute Gasteiger partial charge is 0.255 e. The quantitative estimate of drug-likeness (QED) is 0.675. The van der Waals surface area contributed by atoms with Crippen LogP contribution in [0.2, 0.25) is 10.0 Å². The van der Waals surface area contributed by atoms with Crippen molar-refractivity contribution in [2.45, 2.75) is 38.2 Å². The van der Waals surface area contributed by atoms with Gasteiger partial charge in [-0.2, -0.15) is 0 Å². The maximum atomic E-state index is 12.7. The SMILES string of the molecule is O=C(c1cnc(N2CCC(Oc3ccccc3Cl)CC2)c(Cl)c1)N1CCCCC1. The van der Waals surface area contributed by atoms with Crippen LogP contribution in [0.1, 0.15) is 42.5 Å². The van der Waals surface area contributed by atoms with Crippen LogP contribution in [0.4, 0.5) is 5.82 Å². The molecule has 1 amide bonds. The minimum atomic E-state index is 0.0255. The summed E-state index contributed by atoms with van der Waals surface area (Å²) in [5.41, 5.74) is 0.567. The van der Waals surface area contributed by atoms with Gasteiger partial charge in [-0.15, -0.1) is 0 Å². The van der Waals surface area contributed by atoms with Crippen LogP contribution in [0, 0.1) is 0 Å². The molecule has 1 aromatic carbocycles. The summed E-state index contributed by atoms with van der Waals surface area (Å²) in [6.07, 6.45) is 6.81. The molecule has 7 heteroatoms. The second-order valence-electron chi connectivity index (χ2n) is 7.62. The second-order valence-corrected chi connectivity index (χ2v) is 8.43. The average Bonchev–Trinajstić information content (AvgIpc) is 2.76. The first-order valence-corrected chi connectivity index (χ1v) is 11.0. The average molecular weight is 434 g/mol. The van der Waals surface area contributed by atoms with E-state index >= 15 is 0 Å². The lowest BCUT2D eigenvalue weighted by Gasteiger charge is -2.33. The molecule has 0 saturated carbocycles. The molecule has 2 fully saturated rings. The van der Waals surface area contributed by atoms with Crippen molar-refractivity contribution in [3.05, 3.63) is 52.1 Å². The predicted octanol–water partition coefficient (Wildman–Crippen LogP) is 5.06. The number of ether oxygens (including phenoxy) is 1. The number of anilines is 1. The number of carbonyl (C=O) groups is 1. The van der Waals surface area contributed by atoms with Crippen molar-refractivity contribution in [2.24, 2.45) is 0 Å². The number of para-hydroxylation sites is 1. The maximum Gasteiger partial charge on any atom is 0.255 e. The van der Waals surface area contributed by atoms with Crippen molar-refractivity contribution in [2.75, 3.05) is 31.1 Å². The van der Waals surface area contributed by atoms with E-state index in [0.717, 1.165) is 63.4 Å². The van der Waals surface area contributed by atoms with Gasteiger partial charge in [-0.05, 0) is 37.5 Å². The lowest BCUT2D eigenvalue weighted by atomic mass is 10.1. The highest BCUT2D eigenvalue weighted by Crippen LogP contribution is 2.30. The zero-order valence-corrected chi connectivity index (χ0v) is 17.8. The van der Waals surface area contributed by atoms with E-state index in [-0.39, 0.29) is 12.0 Å². The molecule has 5 nitrogen and oxygen atoms in total. The molecule has 2 aromatic rings. The third-order valence-corrected chi connectivity index (χ3v) is 6.17. The van der Waals surface area contributed by atoms with E-state index in [2.05, 4.69) is 9.88 Å². The molecule has 0 spiro atoms. The Morgan fingerprint density at radius 2 is 1.72 bits per heavy atom. The van der Waals surface area contributed by atoms with E-state index in [0.29, 0.717) is 15.6 Å². The van der Waals surface area contributed by atoms with E-state index in [9.17, 15) is 4.79 Å². The molecule has 2 aliphatic rings. The van der Waals surface area contributed by atoms with Crippen molar-refractivity contribution >= 4 is 34.9 Å². The number of carbonyl (C=O) groups excluding carboxylic acids is 1. The molecule has 0 radical (unpaired) electrons. The van der Waals surface area contributed by atoms with Gasteiger partial charge in [0.15, 0.2) is 0 Å². The van der Waals surface area contributed by atoms with Gasteiger partial charge in [-0.1, -0.05) is 35.3 Å². The Bertz CT molecular complexity index is 863. The molecular weight excluding hydrogens is 409 g/mol. The van der Waals surface area contributed by atoms with Crippen LogP contribution < -0.4 is 9.64 Å². The van der Waals surface area contributed by atoms with Crippen LogP contribution in [-0.4, -0.2) is 48.1 Å². The maximum absolute atomic E-state index is 12.7. The summed E-state index contributed by atoms with van der Waals surface area (Å²) in [6.45, 7) is 3.22. The van der Waals surface area contributed by atoms with Gasteiger partial charge in [0.25, 0.3) is 5.91 Å². The van der Waals surface area contributed by atoms with Gasteiger partial charge in [0.05, 0.1) is 15.6 Å². The topological polar surface area (TPSA) is 45.7 Å². The van der Waals surface area contributed by atoms with Crippen molar-refractivity contribution in [3.8, 4) is 5.75 Å². The summed E-state index contributed by atoms with van der Waals surface area (Å²) in [4.78, 5) is 21.2. The number of rotatable bonds is 4. The fourth-order valence-corrected chi connectivity index (χ4v) is 4.43. The Hall–Kier alpha value is -1.98. The number of halogens is 2. The Morgan fingerprint density at radius 3 is 2.41 bits per heavy atom. The standard InChI is InChI=1S/C22H25Cl2N3O2/c23-18-6-2-3-7-20(18)29-17-8-12-26(13-9-17)21-19(24)14-16(15-25-21)22(28)27-10-4-1-5-11-27/h2-3,6-7,14-15,17H,1,4-5,8-13H2. The van der Waals surface area contributed by atoms with Crippen LogP contribution in [0.25, 0.3) is 0 Å². The number of likely N-dealkylation sites (tertiary alicyclic amines) is 1. The fourth-order valence-electron chi connectivity index (χ4n) is 3.97. The van der Waals surface area contributed by atoms with E-state index in [1.807, 2.05) is 29.2 Å². The third kappa shape index (κ3) is 4.78. The Balaban J connectivity index is 1.37. The first-order valence-electron chi connectivity index (χ1n) is 10.2. The number of aromatic nitrogens is 1. The van der Waals surface area contributed by atoms with E-state index in [1.165, 1.54) is 6.42 Å². The summed E-state index contributed by atoms with van der Waals surface area (Å²) in [5.74, 6) is 1.49. The first kappa shape index (κ1) is 20.3. The lowest BCUT2D eigenvalue weighted by Crippen LogP contribution is -2.39. The molecular formula is C22H25Cl2N3O2. The van der Waals surface area contributed by atoms with Gasteiger partial charge in [0, 0.05) is 45.2 Å². The van der Waals surface area contributed by atoms with Crippen molar-refractivity contribution in [1.82, 2.24) is 9.88 Å². The lowest BCUT2D eigenvalue weighted by molar-refractivity contribution is 0.0724. The van der Waals surface area contributed by atoms with Gasteiger partial charge in [0.2, 0.25) is 0 Å². The predicted molar refractivity (Wildman–Crippen MR) is 116 cm³/mol. The van der Waals surface area contributed by atoms with Crippen molar-refractivity contribution in [3.63, 3.8) is 0 Å². The molecule has 0 N–H and O–H groups in total. The third-order valence-electron chi connectivity index (χ3n) is 5.58. The Morgan fingerprint density at radius 1 is 1.00 bits per heavy atom. The molecule has 4 rings (SSSR count). The largest absolute Gasteiger partial charge is 0.489 e. The van der Waals surface area contributed by atoms with Gasteiger partial charge >= 0.3 is 0 Å². The van der Waals surface area contributed by atoms with Gasteiger partial charge in [0.1, 0.15) is 17.7 Å². The molecule has 3 heterocycles. The van der Waals surface area contributed by atoms with Crippen LogP contribution in [0.5, 0.6) is 5.75 Å². The number of piperidine rings is 2. The summed E-state index contributed by atoms with van der Waals surface area (Å²) in [7, 11) is 0. The number of nitrogens with zero attached hydrogens (tertiary/aromatic N) is 3. The summed E-state index contributed by atoms with van der Waals surface area (Å²) in [5, 5.41) is 1.16. The number of benzene rings is 1. The Kier molecular flexibility index (Phi) is 6.46. The van der Waals surface area contributed by atoms with Crippen LogP contribution in [0.15, 0.2) is 36.5 Å². The molecule has 29 heavy (non-hydrogen) atoms. The minimum Gasteiger partial charge on any atom is -0.489 e.